The molecule has 0 saturated heterocycles. The van der Waals surface area contributed by atoms with E-state index < -0.39 is 10.0 Å². The van der Waals surface area contributed by atoms with Gasteiger partial charge in [0.2, 0.25) is 15.9 Å². The van der Waals surface area contributed by atoms with Gasteiger partial charge in [-0.05, 0) is 38.0 Å². The van der Waals surface area contributed by atoms with Crippen LogP contribution in [0.2, 0.25) is 0 Å². The van der Waals surface area contributed by atoms with Gasteiger partial charge in [-0.3, -0.25) is 4.79 Å². The van der Waals surface area contributed by atoms with Gasteiger partial charge in [0, 0.05) is 13.0 Å². The molecule has 118 valence electrons. The third-order valence-electron chi connectivity index (χ3n) is 2.77. The van der Waals surface area contributed by atoms with Crippen LogP contribution in [0.4, 0.5) is 0 Å². The van der Waals surface area contributed by atoms with Crippen molar-refractivity contribution in [3.63, 3.8) is 0 Å². The Morgan fingerprint density at radius 1 is 1.29 bits per heavy atom. The van der Waals surface area contributed by atoms with Crippen molar-refractivity contribution in [3.05, 3.63) is 29.8 Å². The maximum atomic E-state index is 11.6. The molecule has 0 heterocycles. The molecule has 1 aromatic rings. The topological polar surface area (TPSA) is 98.5 Å². The molecule has 0 radical (unpaired) electrons. The fraction of sp³-hybridized carbons (Fsp3) is 0.500. The van der Waals surface area contributed by atoms with Crippen molar-refractivity contribution in [2.24, 2.45) is 5.14 Å². The Morgan fingerprint density at radius 3 is 2.43 bits per heavy atom. The number of ether oxygens (including phenoxy) is 1. The first-order valence-corrected chi connectivity index (χ1v) is 8.33. The second kappa shape index (κ2) is 8.11. The maximum Gasteiger partial charge on any atom is 0.238 e. The first-order valence-electron chi connectivity index (χ1n) is 6.79. The van der Waals surface area contributed by atoms with Crippen LogP contribution in [0.5, 0.6) is 0 Å². The van der Waals surface area contributed by atoms with E-state index in [9.17, 15) is 13.2 Å². The number of carbonyl (C=O) groups excluding carboxylic acids is 1. The molecule has 21 heavy (non-hydrogen) atoms. The molecule has 1 rings (SSSR count). The van der Waals surface area contributed by atoms with E-state index in [0.29, 0.717) is 26.0 Å². The van der Waals surface area contributed by atoms with Crippen LogP contribution in [0.15, 0.2) is 29.2 Å². The molecule has 1 amide bonds. The minimum Gasteiger partial charge on any atom is -0.377 e. The molecule has 0 aliphatic carbocycles. The third kappa shape index (κ3) is 7.22. The van der Waals surface area contributed by atoms with E-state index in [1.165, 1.54) is 12.1 Å². The molecule has 0 bridgehead atoms. The predicted octanol–water partition coefficient (Wildman–Crippen LogP) is 0.808. The maximum absolute atomic E-state index is 11.6. The summed E-state index contributed by atoms with van der Waals surface area (Å²) >= 11 is 0. The highest BCUT2D eigenvalue weighted by atomic mass is 32.2. The number of carbonyl (C=O) groups is 1. The first-order chi connectivity index (χ1) is 9.79. The summed E-state index contributed by atoms with van der Waals surface area (Å²) in [6, 6.07) is 6.21. The number of nitrogens with one attached hydrogen (secondary N) is 1. The molecule has 0 unspecified atom stereocenters. The molecule has 0 aromatic heterocycles. The minimum atomic E-state index is -3.67. The van der Waals surface area contributed by atoms with Crippen molar-refractivity contribution in [1.29, 1.82) is 0 Å². The van der Waals surface area contributed by atoms with Crippen molar-refractivity contribution in [2.75, 3.05) is 13.2 Å². The number of rotatable bonds is 8. The zero-order chi connectivity index (χ0) is 15.9. The van der Waals surface area contributed by atoms with Crippen LogP contribution < -0.4 is 10.5 Å². The van der Waals surface area contributed by atoms with Gasteiger partial charge in [-0.1, -0.05) is 12.1 Å². The fourth-order valence-electron chi connectivity index (χ4n) is 1.68. The molecule has 0 fully saturated rings. The number of benzene rings is 1. The summed E-state index contributed by atoms with van der Waals surface area (Å²) in [5.74, 6) is -0.0575. The number of hydrogen-bond donors (Lipinski definition) is 2. The molecular weight excluding hydrogens is 292 g/mol. The highest BCUT2D eigenvalue weighted by Crippen LogP contribution is 2.10. The SMILES string of the molecule is CC(C)OCCNC(=O)CCc1ccc(S(N)(=O)=O)cc1. The number of amides is 1. The Hall–Kier alpha value is -1.44. The molecule has 0 aliphatic heterocycles. The summed E-state index contributed by atoms with van der Waals surface area (Å²) in [6.07, 6.45) is 1.04. The average Bonchev–Trinajstić information content (AvgIpc) is 2.40. The van der Waals surface area contributed by atoms with Crippen LogP contribution in [0.1, 0.15) is 25.8 Å². The molecular formula is C14H22N2O4S. The fourth-order valence-corrected chi connectivity index (χ4v) is 2.19. The molecule has 0 spiro atoms. The predicted molar refractivity (Wildman–Crippen MR) is 80.2 cm³/mol. The Balaban J connectivity index is 2.33. The van der Waals surface area contributed by atoms with E-state index in [2.05, 4.69) is 5.32 Å². The van der Waals surface area contributed by atoms with E-state index in [4.69, 9.17) is 9.88 Å². The average molecular weight is 314 g/mol. The van der Waals surface area contributed by atoms with Gasteiger partial charge in [0.1, 0.15) is 0 Å². The molecule has 0 atom stereocenters. The van der Waals surface area contributed by atoms with Gasteiger partial charge >= 0.3 is 0 Å². The van der Waals surface area contributed by atoms with Crippen LogP contribution in [-0.4, -0.2) is 33.6 Å². The van der Waals surface area contributed by atoms with E-state index in [-0.39, 0.29) is 16.9 Å². The minimum absolute atomic E-state index is 0.0575. The van der Waals surface area contributed by atoms with E-state index in [1.807, 2.05) is 13.8 Å². The third-order valence-corrected chi connectivity index (χ3v) is 3.70. The largest absolute Gasteiger partial charge is 0.377 e. The molecule has 7 heteroatoms. The van der Waals surface area contributed by atoms with Gasteiger partial charge in [0.25, 0.3) is 0 Å². The molecule has 6 nitrogen and oxygen atoms in total. The number of sulfonamides is 1. The first kappa shape index (κ1) is 17.6. The van der Waals surface area contributed by atoms with Gasteiger partial charge in [-0.2, -0.15) is 0 Å². The Kier molecular flexibility index (Phi) is 6.80. The number of nitrogens with two attached hydrogens (primary N) is 1. The Labute approximate surface area is 125 Å². The molecule has 1 aromatic carbocycles. The molecule has 3 N–H and O–H groups in total. The smallest absolute Gasteiger partial charge is 0.238 e. The van der Waals surface area contributed by atoms with Gasteiger partial charge in [-0.15, -0.1) is 0 Å². The van der Waals surface area contributed by atoms with Crippen LogP contribution in [0.25, 0.3) is 0 Å². The highest BCUT2D eigenvalue weighted by molar-refractivity contribution is 7.89. The van der Waals surface area contributed by atoms with E-state index in [1.54, 1.807) is 12.1 Å². The summed E-state index contributed by atoms with van der Waals surface area (Å²) < 4.78 is 27.5. The molecule has 0 aliphatic rings. The second-order valence-electron chi connectivity index (χ2n) is 4.96. The lowest BCUT2D eigenvalue weighted by atomic mass is 10.1. The zero-order valence-electron chi connectivity index (χ0n) is 12.3. The van der Waals surface area contributed by atoms with E-state index in [0.717, 1.165) is 5.56 Å². The number of primary sulfonamides is 1. The van der Waals surface area contributed by atoms with Gasteiger partial charge in [0.15, 0.2) is 0 Å². The van der Waals surface area contributed by atoms with E-state index >= 15 is 0 Å². The summed E-state index contributed by atoms with van der Waals surface area (Å²) in [5, 5.41) is 7.78. The van der Waals surface area contributed by atoms with Gasteiger partial charge in [-0.25, -0.2) is 13.6 Å². The molecule has 0 saturated carbocycles. The van der Waals surface area contributed by atoms with Crippen molar-refractivity contribution in [3.8, 4) is 0 Å². The Morgan fingerprint density at radius 2 is 1.90 bits per heavy atom. The van der Waals surface area contributed by atoms with Crippen LogP contribution >= 0.6 is 0 Å². The summed E-state index contributed by atoms with van der Waals surface area (Å²) in [7, 11) is -3.67. The monoisotopic (exact) mass is 314 g/mol. The van der Waals surface area contributed by atoms with Crippen LogP contribution in [-0.2, 0) is 26.0 Å². The van der Waals surface area contributed by atoms with Crippen LogP contribution in [0.3, 0.4) is 0 Å². The standard InChI is InChI=1S/C14H22N2O4S/c1-11(2)20-10-9-16-14(17)8-5-12-3-6-13(7-4-12)21(15,18)19/h3-4,6-7,11H,5,8-10H2,1-2H3,(H,16,17)(H2,15,18,19). The highest BCUT2D eigenvalue weighted by Gasteiger charge is 2.07. The van der Waals surface area contributed by atoms with Crippen LogP contribution in [0, 0.1) is 0 Å². The normalized spacial score (nSPS) is 11.6. The quantitative estimate of drug-likeness (QED) is 0.694. The lowest BCUT2D eigenvalue weighted by molar-refractivity contribution is -0.121. The number of hydrogen-bond acceptors (Lipinski definition) is 4. The van der Waals surface area contributed by atoms with Gasteiger partial charge < -0.3 is 10.1 Å². The second-order valence-corrected chi connectivity index (χ2v) is 6.52. The summed E-state index contributed by atoms with van der Waals surface area (Å²) in [6.45, 7) is 4.86. The summed E-state index contributed by atoms with van der Waals surface area (Å²) in [4.78, 5) is 11.7. The van der Waals surface area contributed by atoms with Crippen molar-refractivity contribution < 1.29 is 17.9 Å². The lowest BCUT2D eigenvalue weighted by Gasteiger charge is -2.08. The zero-order valence-corrected chi connectivity index (χ0v) is 13.2. The number of aryl methyl sites for hydroxylation is 1. The lowest BCUT2D eigenvalue weighted by Crippen LogP contribution is -2.28. The van der Waals surface area contributed by atoms with Crippen molar-refractivity contribution in [1.82, 2.24) is 5.32 Å². The van der Waals surface area contributed by atoms with Crippen molar-refractivity contribution in [2.45, 2.75) is 37.7 Å². The Bertz CT molecular complexity index is 553. The van der Waals surface area contributed by atoms with Crippen molar-refractivity contribution >= 4 is 15.9 Å². The summed E-state index contributed by atoms with van der Waals surface area (Å²) in [5.41, 5.74) is 0.885. The van der Waals surface area contributed by atoms with Gasteiger partial charge in [0.05, 0.1) is 17.6 Å².